The lowest BCUT2D eigenvalue weighted by Crippen LogP contribution is -2.47. The van der Waals surface area contributed by atoms with Gasteiger partial charge in [0.1, 0.15) is 6.54 Å². The van der Waals surface area contributed by atoms with Crippen molar-refractivity contribution in [1.29, 1.82) is 0 Å². The summed E-state index contributed by atoms with van der Waals surface area (Å²) in [6, 6.07) is 17.9. The quantitative estimate of drug-likeness (QED) is 0.509. The molecule has 0 fully saturated rings. The number of aryl methyl sites for hydroxylation is 2. The van der Waals surface area contributed by atoms with Gasteiger partial charge in [0.2, 0.25) is 5.91 Å². The molecule has 32 heavy (non-hydrogen) atoms. The lowest BCUT2D eigenvalue weighted by molar-refractivity contribution is -0.134. The van der Waals surface area contributed by atoms with E-state index in [0.717, 1.165) is 24.0 Å². The third-order valence-electron chi connectivity index (χ3n) is 6.17. The van der Waals surface area contributed by atoms with Crippen molar-refractivity contribution >= 4 is 23.2 Å². The van der Waals surface area contributed by atoms with Crippen LogP contribution in [0.5, 0.6) is 0 Å². The molecule has 1 unspecified atom stereocenters. The van der Waals surface area contributed by atoms with Crippen LogP contribution >= 0.6 is 11.3 Å². The number of amides is 2. The molecule has 0 aliphatic carbocycles. The van der Waals surface area contributed by atoms with E-state index in [0.29, 0.717) is 18.7 Å². The second-order valence-electron chi connectivity index (χ2n) is 8.49. The van der Waals surface area contributed by atoms with Gasteiger partial charge in [-0.05, 0) is 67.0 Å². The minimum Gasteiger partial charge on any atom is -0.330 e. The minimum absolute atomic E-state index is 0.00372. The van der Waals surface area contributed by atoms with Crippen LogP contribution in [0.4, 0.5) is 0 Å². The molecule has 166 valence electrons. The van der Waals surface area contributed by atoms with Crippen molar-refractivity contribution in [3.8, 4) is 0 Å². The van der Waals surface area contributed by atoms with Gasteiger partial charge in [0.25, 0.3) is 5.91 Å². The molecule has 0 N–H and O–H groups in total. The van der Waals surface area contributed by atoms with E-state index in [9.17, 15) is 9.59 Å². The molecule has 4 nitrogen and oxygen atoms in total. The van der Waals surface area contributed by atoms with Crippen molar-refractivity contribution in [2.75, 3.05) is 19.6 Å². The number of hydrogen-bond acceptors (Lipinski definition) is 3. The zero-order chi connectivity index (χ0) is 22.7. The molecular weight excluding hydrogens is 416 g/mol. The Morgan fingerprint density at radius 2 is 1.78 bits per heavy atom. The number of fused-ring (bicyclic) bond motifs is 1. The second kappa shape index (κ2) is 9.70. The first-order valence-electron chi connectivity index (χ1n) is 11.3. The van der Waals surface area contributed by atoms with Gasteiger partial charge < -0.3 is 9.80 Å². The van der Waals surface area contributed by atoms with Gasteiger partial charge in [-0.1, -0.05) is 48.9 Å². The smallest absolute Gasteiger partial charge is 0.254 e. The van der Waals surface area contributed by atoms with E-state index >= 15 is 0 Å². The van der Waals surface area contributed by atoms with Crippen LogP contribution in [0.15, 0.2) is 60.0 Å². The molecule has 2 amide bonds. The average Bonchev–Trinajstić information content (AvgIpc) is 3.27. The monoisotopic (exact) mass is 446 g/mol. The summed E-state index contributed by atoms with van der Waals surface area (Å²) in [6.45, 7) is 7.47. The molecule has 1 aliphatic heterocycles. The van der Waals surface area contributed by atoms with E-state index in [1.807, 2.05) is 55.1 Å². The molecule has 2 heterocycles. The number of nitrogens with zero attached hydrogens (tertiary/aromatic N) is 2. The van der Waals surface area contributed by atoms with Crippen molar-refractivity contribution in [1.82, 2.24) is 9.80 Å². The Bertz CT molecular complexity index is 1100. The third kappa shape index (κ3) is 4.49. The predicted molar refractivity (Wildman–Crippen MR) is 130 cm³/mol. The molecule has 0 radical (unpaired) electrons. The summed E-state index contributed by atoms with van der Waals surface area (Å²) in [5, 5.41) is 2.12. The van der Waals surface area contributed by atoms with Gasteiger partial charge in [-0.3, -0.25) is 9.59 Å². The van der Waals surface area contributed by atoms with E-state index in [4.69, 9.17) is 0 Å². The minimum atomic E-state index is -0.100. The number of thiophene rings is 1. The van der Waals surface area contributed by atoms with Crippen LogP contribution in [0.25, 0.3) is 0 Å². The highest BCUT2D eigenvalue weighted by molar-refractivity contribution is 7.10. The Balaban J connectivity index is 1.62. The Morgan fingerprint density at radius 3 is 2.50 bits per heavy atom. The Morgan fingerprint density at radius 1 is 1.03 bits per heavy atom. The lowest BCUT2D eigenvalue weighted by atomic mass is 9.90. The molecule has 5 heteroatoms. The number of hydrogen-bond donors (Lipinski definition) is 0. The zero-order valence-electron chi connectivity index (χ0n) is 19.0. The molecule has 0 saturated heterocycles. The van der Waals surface area contributed by atoms with Gasteiger partial charge in [0.15, 0.2) is 0 Å². The van der Waals surface area contributed by atoms with Crippen LogP contribution in [0.1, 0.15) is 56.9 Å². The van der Waals surface area contributed by atoms with Gasteiger partial charge in [0, 0.05) is 23.5 Å². The zero-order valence-corrected chi connectivity index (χ0v) is 19.8. The van der Waals surface area contributed by atoms with E-state index < -0.39 is 0 Å². The fourth-order valence-corrected chi connectivity index (χ4v) is 5.37. The molecule has 0 bridgehead atoms. The summed E-state index contributed by atoms with van der Waals surface area (Å²) < 4.78 is 0. The first-order valence-corrected chi connectivity index (χ1v) is 12.1. The van der Waals surface area contributed by atoms with Crippen molar-refractivity contribution < 1.29 is 9.59 Å². The average molecular weight is 447 g/mol. The highest BCUT2D eigenvalue weighted by Gasteiger charge is 2.34. The molecule has 0 spiro atoms. The number of carbonyl (C=O) groups is 2. The first kappa shape index (κ1) is 22.3. The van der Waals surface area contributed by atoms with Gasteiger partial charge in [-0.25, -0.2) is 0 Å². The maximum Gasteiger partial charge on any atom is 0.254 e. The fourth-order valence-electron chi connectivity index (χ4n) is 4.47. The SMILES string of the molecule is CCCN(CC(=O)N1CCc2sccc2C1c1ccccc1C)C(=O)c1ccc(C)cc1. The number of carbonyl (C=O) groups excluding carboxylic acids is 2. The Hall–Kier alpha value is -2.92. The van der Waals surface area contributed by atoms with Crippen LogP contribution in [0.3, 0.4) is 0 Å². The maximum atomic E-state index is 13.6. The van der Waals surface area contributed by atoms with E-state index in [1.54, 1.807) is 16.2 Å². The Kier molecular flexibility index (Phi) is 6.75. The first-order chi connectivity index (χ1) is 15.5. The lowest BCUT2D eigenvalue weighted by Gasteiger charge is -2.38. The van der Waals surface area contributed by atoms with Crippen LogP contribution in [-0.2, 0) is 11.2 Å². The fraction of sp³-hybridized carbons (Fsp3) is 0.333. The molecular formula is C27H30N2O2S. The van der Waals surface area contributed by atoms with Crippen molar-refractivity contribution in [3.63, 3.8) is 0 Å². The van der Waals surface area contributed by atoms with Crippen LogP contribution in [0, 0.1) is 13.8 Å². The van der Waals surface area contributed by atoms with Crippen LogP contribution in [0.2, 0.25) is 0 Å². The third-order valence-corrected chi connectivity index (χ3v) is 7.17. The summed E-state index contributed by atoms with van der Waals surface area (Å²) >= 11 is 1.77. The standard InChI is InChI=1S/C27H30N2O2S/c1-4-15-28(27(31)21-11-9-19(2)10-12-21)18-25(30)29-16-13-24-23(14-17-32-24)26(29)22-8-6-5-7-20(22)3/h5-12,14,17,26H,4,13,15-16,18H2,1-3H3. The predicted octanol–water partition coefficient (Wildman–Crippen LogP) is 5.39. The van der Waals surface area contributed by atoms with Crippen molar-refractivity contribution in [2.24, 2.45) is 0 Å². The molecule has 1 atom stereocenters. The van der Waals surface area contributed by atoms with Crippen LogP contribution in [-0.4, -0.2) is 41.2 Å². The topological polar surface area (TPSA) is 40.6 Å². The molecule has 3 aromatic rings. The summed E-state index contributed by atoms with van der Waals surface area (Å²) in [6.07, 6.45) is 1.67. The molecule has 4 rings (SSSR count). The largest absolute Gasteiger partial charge is 0.330 e. The van der Waals surface area contributed by atoms with E-state index in [1.165, 1.54) is 16.0 Å². The van der Waals surface area contributed by atoms with E-state index in [-0.39, 0.29) is 24.4 Å². The van der Waals surface area contributed by atoms with E-state index in [2.05, 4.69) is 30.5 Å². The van der Waals surface area contributed by atoms with Gasteiger partial charge in [-0.15, -0.1) is 11.3 Å². The van der Waals surface area contributed by atoms with Gasteiger partial charge in [0.05, 0.1) is 6.04 Å². The normalized spacial score (nSPS) is 15.3. The van der Waals surface area contributed by atoms with Crippen molar-refractivity contribution in [3.05, 3.63) is 92.7 Å². The van der Waals surface area contributed by atoms with Gasteiger partial charge >= 0.3 is 0 Å². The van der Waals surface area contributed by atoms with Gasteiger partial charge in [-0.2, -0.15) is 0 Å². The second-order valence-corrected chi connectivity index (χ2v) is 9.49. The molecule has 0 saturated carbocycles. The summed E-state index contributed by atoms with van der Waals surface area (Å²) in [5.41, 5.74) is 5.30. The molecule has 1 aromatic heterocycles. The Labute approximate surface area is 194 Å². The highest BCUT2D eigenvalue weighted by Crippen LogP contribution is 2.39. The van der Waals surface area contributed by atoms with Crippen molar-refractivity contribution in [2.45, 2.75) is 39.7 Å². The molecule has 1 aliphatic rings. The highest BCUT2D eigenvalue weighted by atomic mass is 32.1. The number of benzene rings is 2. The number of rotatable bonds is 6. The maximum absolute atomic E-state index is 13.6. The van der Waals surface area contributed by atoms with Crippen LogP contribution < -0.4 is 0 Å². The summed E-state index contributed by atoms with van der Waals surface area (Å²) in [4.78, 5) is 31.8. The molecule has 2 aromatic carbocycles. The summed E-state index contributed by atoms with van der Waals surface area (Å²) in [5.74, 6) is -0.0788. The summed E-state index contributed by atoms with van der Waals surface area (Å²) in [7, 11) is 0.